The summed E-state index contributed by atoms with van der Waals surface area (Å²) in [6.07, 6.45) is 1.67. The van der Waals surface area contributed by atoms with Gasteiger partial charge in [0, 0.05) is 25.3 Å². The first-order chi connectivity index (χ1) is 9.15. The van der Waals surface area contributed by atoms with Gasteiger partial charge < -0.3 is 15.3 Å². The zero-order chi connectivity index (χ0) is 13.7. The van der Waals surface area contributed by atoms with Crippen molar-refractivity contribution < 1.29 is 5.11 Å². The number of aliphatic hydroxyl groups is 1. The largest absolute Gasteiger partial charge is 0.393 e. The maximum absolute atomic E-state index is 9.52. The van der Waals surface area contributed by atoms with E-state index in [-0.39, 0.29) is 6.10 Å². The lowest BCUT2D eigenvalue weighted by atomic mass is 10.1. The molecule has 2 rings (SSSR count). The van der Waals surface area contributed by atoms with Gasteiger partial charge >= 0.3 is 0 Å². The van der Waals surface area contributed by atoms with Crippen molar-refractivity contribution in [2.75, 3.05) is 24.5 Å². The molecule has 19 heavy (non-hydrogen) atoms. The third-order valence-corrected chi connectivity index (χ3v) is 3.65. The minimum absolute atomic E-state index is 0.101. The number of hydrogen-bond acceptors (Lipinski definition) is 3. The van der Waals surface area contributed by atoms with Gasteiger partial charge in [0.25, 0.3) is 0 Å². The average molecular weight is 262 g/mol. The summed E-state index contributed by atoms with van der Waals surface area (Å²) in [5.74, 6) is 0.694. The smallest absolute Gasteiger partial charge is 0.0574 e. The van der Waals surface area contributed by atoms with Gasteiger partial charge in [0.2, 0.25) is 0 Å². The predicted octanol–water partition coefficient (Wildman–Crippen LogP) is 2.39. The van der Waals surface area contributed by atoms with Crippen LogP contribution >= 0.6 is 0 Å². The molecule has 3 heteroatoms. The molecule has 0 atom stereocenters. The van der Waals surface area contributed by atoms with Crippen LogP contribution in [0.3, 0.4) is 0 Å². The van der Waals surface area contributed by atoms with Crippen molar-refractivity contribution in [3.05, 3.63) is 29.8 Å². The van der Waals surface area contributed by atoms with Crippen LogP contribution in [0.2, 0.25) is 0 Å². The van der Waals surface area contributed by atoms with Crippen LogP contribution < -0.4 is 10.2 Å². The van der Waals surface area contributed by atoms with Crippen molar-refractivity contribution in [2.45, 2.75) is 39.3 Å². The van der Waals surface area contributed by atoms with Crippen LogP contribution in [0.5, 0.6) is 0 Å². The van der Waals surface area contributed by atoms with Crippen LogP contribution in [-0.4, -0.2) is 30.8 Å². The minimum Gasteiger partial charge on any atom is -0.393 e. The molecule has 1 fully saturated rings. The molecule has 1 saturated heterocycles. The quantitative estimate of drug-likeness (QED) is 0.855. The van der Waals surface area contributed by atoms with Crippen molar-refractivity contribution in [2.24, 2.45) is 5.92 Å². The Labute approximate surface area is 116 Å². The number of aliphatic hydroxyl groups excluding tert-OH is 1. The monoisotopic (exact) mass is 262 g/mol. The van der Waals surface area contributed by atoms with Crippen molar-refractivity contribution in [1.82, 2.24) is 5.32 Å². The van der Waals surface area contributed by atoms with E-state index in [0.717, 1.165) is 39.0 Å². The highest BCUT2D eigenvalue weighted by atomic mass is 16.3. The molecule has 3 nitrogen and oxygen atoms in total. The van der Waals surface area contributed by atoms with Gasteiger partial charge in [-0.2, -0.15) is 0 Å². The summed E-state index contributed by atoms with van der Waals surface area (Å²) >= 11 is 0. The standard InChI is InChI=1S/C16H26N2O/c1-13(2)11-17-12-14-3-5-15(6-4-14)18-9-7-16(19)8-10-18/h3-6,13,16-17,19H,7-12H2,1-2H3. The Morgan fingerprint density at radius 3 is 2.42 bits per heavy atom. The Balaban J connectivity index is 1.84. The van der Waals surface area contributed by atoms with E-state index >= 15 is 0 Å². The van der Waals surface area contributed by atoms with Crippen LogP contribution in [0.15, 0.2) is 24.3 Å². The molecule has 1 aliphatic rings. The highest BCUT2D eigenvalue weighted by Gasteiger charge is 2.16. The zero-order valence-electron chi connectivity index (χ0n) is 12.1. The molecule has 1 aromatic rings. The highest BCUT2D eigenvalue weighted by molar-refractivity contribution is 5.48. The number of hydrogen-bond donors (Lipinski definition) is 2. The number of benzene rings is 1. The lowest BCUT2D eigenvalue weighted by molar-refractivity contribution is 0.145. The number of anilines is 1. The molecule has 1 aromatic carbocycles. The van der Waals surface area contributed by atoms with Crippen LogP contribution in [0.1, 0.15) is 32.3 Å². The highest BCUT2D eigenvalue weighted by Crippen LogP contribution is 2.20. The first-order valence-electron chi connectivity index (χ1n) is 7.38. The SMILES string of the molecule is CC(C)CNCc1ccc(N2CCC(O)CC2)cc1. The molecule has 0 radical (unpaired) electrons. The second-order valence-electron chi connectivity index (χ2n) is 5.91. The molecule has 0 aromatic heterocycles. The number of nitrogens with one attached hydrogen (secondary N) is 1. The van der Waals surface area contributed by atoms with E-state index in [1.807, 2.05) is 0 Å². The third kappa shape index (κ3) is 4.51. The maximum atomic E-state index is 9.52. The summed E-state index contributed by atoms with van der Waals surface area (Å²) in [4.78, 5) is 2.36. The molecular weight excluding hydrogens is 236 g/mol. The zero-order valence-corrected chi connectivity index (χ0v) is 12.1. The molecule has 0 amide bonds. The molecule has 1 aliphatic heterocycles. The lowest BCUT2D eigenvalue weighted by Gasteiger charge is -2.31. The third-order valence-electron chi connectivity index (χ3n) is 3.65. The Bertz CT molecular complexity index is 367. The van der Waals surface area contributed by atoms with E-state index in [2.05, 4.69) is 48.3 Å². The van der Waals surface area contributed by atoms with Crippen molar-refractivity contribution in [1.29, 1.82) is 0 Å². The first kappa shape index (κ1) is 14.4. The molecule has 0 aliphatic carbocycles. The molecule has 0 spiro atoms. The van der Waals surface area contributed by atoms with Gasteiger partial charge in [-0.25, -0.2) is 0 Å². The van der Waals surface area contributed by atoms with Crippen LogP contribution in [0, 0.1) is 5.92 Å². The predicted molar refractivity (Wildman–Crippen MR) is 80.4 cm³/mol. The Morgan fingerprint density at radius 1 is 1.21 bits per heavy atom. The fourth-order valence-electron chi connectivity index (χ4n) is 2.45. The van der Waals surface area contributed by atoms with Crippen LogP contribution in [0.4, 0.5) is 5.69 Å². The lowest BCUT2D eigenvalue weighted by Crippen LogP contribution is -2.35. The first-order valence-corrected chi connectivity index (χ1v) is 7.38. The molecule has 0 saturated carbocycles. The molecule has 106 valence electrons. The van der Waals surface area contributed by atoms with Gasteiger partial charge in [-0.1, -0.05) is 26.0 Å². The minimum atomic E-state index is -0.101. The van der Waals surface area contributed by atoms with Gasteiger partial charge in [0.05, 0.1) is 6.10 Å². The van der Waals surface area contributed by atoms with E-state index in [0.29, 0.717) is 5.92 Å². The van der Waals surface area contributed by atoms with E-state index in [4.69, 9.17) is 0 Å². The number of nitrogens with zero attached hydrogens (tertiary/aromatic N) is 1. The number of piperidine rings is 1. The van der Waals surface area contributed by atoms with Crippen molar-refractivity contribution in [3.8, 4) is 0 Å². The van der Waals surface area contributed by atoms with E-state index < -0.39 is 0 Å². The second kappa shape index (κ2) is 6.92. The normalized spacial score (nSPS) is 17.2. The molecule has 2 N–H and O–H groups in total. The summed E-state index contributed by atoms with van der Waals surface area (Å²) in [5, 5.41) is 13.0. The van der Waals surface area contributed by atoms with Gasteiger partial charge in [-0.15, -0.1) is 0 Å². The summed E-state index contributed by atoms with van der Waals surface area (Å²) in [7, 11) is 0. The van der Waals surface area contributed by atoms with E-state index in [9.17, 15) is 5.11 Å². The Morgan fingerprint density at radius 2 is 1.84 bits per heavy atom. The van der Waals surface area contributed by atoms with Gasteiger partial charge in [-0.05, 0) is 43.0 Å². The van der Waals surface area contributed by atoms with Crippen molar-refractivity contribution >= 4 is 5.69 Å². The fourth-order valence-corrected chi connectivity index (χ4v) is 2.45. The Hall–Kier alpha value is -1.06. The van der Waals surface area contributed by atoms with E-state index in [1.165, 1.54) is 11.3 Å². The topological polar surface area (TPSA) is 35.5 Å². The fraction of sp³-hybridized carbons (Fsp3) is 0.625. The van der Waals surface area contributed by atoms with Gasteiger partial charge in [0.15, 0.2) is 0 Å². The second-order valence-corrected chi connectivity index (χ2v) is 5.91. The number of rotatable bonds is 5. The maximum Gasteiger partial charge on any atom is 0.0574 e. The van der Waals surface area contributed by atoms with Crippen molar-refractivity contribution in [3.63, 3.8) is 0 Å². The average Bonchev–Trinajstić information content (AvgIpc) is 2.40. The molecule has 0 bridgehead atoms. The van der Waals surface area contributed by atoms with E-state index in [1.54, 1.807) is 0 Å². The molecular formula is C16H26N2O. The van der Waals surface area contributed by atoms with Crippen LogP contribution in [-0.2, 0) is 6.54 Å². The summed E-state index contributed by atoms with van der Waals surface area (Å²) in [6.45, 7) is 8.38. The Kier molecular flexibility index (Phi) is 5.23. The van der Waals surface area contributed by atoms with Crippen LogP contribution in [0.25, 0.3) is 0 Å². The molecule has 1 heterocycles. The molecule has 0 unspecified atom stereocenters. The van der Waals surface area contributed by atoms with Gasteiger partial charge in [0.1, 0.15) is 0 Å². The summed E-state index contributed by atoms with van der Waals surface area (Å²) in [6, 6.07) is 8.80. The van der Waals surface area contributed by atoms with Gasteiger partial charge in [-0.3, -0.25) is 0 Å². The summed E-state index contributed by atoms with van der Waals surface area (Å²) in [5.41, 5.74) is 2.61. The summed E-state index contributed by atoms with van der Waals surface area (Å²) < 4.78 is 0.